The average molecular weight is 1600 g/mol. The second-order valence-electron chi connectivity index (χ2n) is 27.8. The van der Waals surface area contributed by atoms with E-state index in [-0.39, 0.29) is 195 Å². The topological polar surface area (TPSA) is 594 Å². The molecule has 1 aromatic rings. The van der Waals surface area contributed by atoms with Crippen molar-refractivity contribution in [2.45, 2.75) is 235 Å². The number of amides is 10. The third kappa shape index (κ3) is 34.5. The molecule has 0 spiro atoms. The van der Waals surface area contributed by atoms with Crippen LogP contribution in [0.15, 0.2) is 0 Å². The number of ether oxygens (including phenoxy) is 6. The average Bonchev–Trinajstić information content (AvgIpc) is 0.828. The van der Waals surface area contributed by atoms with Crippen LogP contribution in [-0.2, 0) is 81.2 Å². The standard InChI is InChI=1S/C70H120N16O26/c1-42(90)15-11-19-55(100)84-32-34-86(35-33-84)70-82-68(77-29-20-52(97)74-26-12-23-71-49(94)16-5-8-36-107-65-56(78-43(2)91)62(104)59(101)46(39-87)110-65)81-69(83-70)85(30-21-53(98)75-27-13-24-72-50(95)17-6-9-37-108-66-57(79-44(3)92)63(105)60(102)47(40-88)111-66)31-22-54(99)76-28-14-25-73-51(96)18-7-10-38-109-67-58(80-45(4)93)64(106)61(103)48(41-89)112-67/h46-48,56-67,87-89,101-106H,5-41H2,1-4H3,(H,71,94)(H,72,95)(H,73,96)(H,74,97)(H,75,98)(H,76,99)(H,78,91)(H,79,92)(H,80,93)(H,77,81,82,83). The number of hydrogen-bond donors (Lipinski definition) is 19. The highest BCUT2D eigenvalue weighted by Gasteiger charge is 2.48. The van der Waals surface area contributed by atoms with Gasteiger partial charge in [0.15, 0.2) is 18.9 Å². The molecule has 4 aliphatic heterocycles. The summed E-state index contributed by atoms with van der Waals surface area (Å²) in [6.07, 6.45) is -11.2. The van der Waals surface area contributed by atoms with Crippen molar-refractivity contribution in [2.75, 3.05) is 140 Å². The fourth-order valence-corrected chi connectivity index (χ4v) is 12.4. The maximum Gasteiger partial charge on any atom is 0.232 e. The maximum absolute atomic E-state index is 13.6. The van der Waals surface area contributed by atoms with E-state index in [0.29, 0.717) is 90.4 Å². The fraction of sp³-hybridized carbons (Fsp3) is 0.800. The highest BCUT2D eigenvalue weighted by molar-refractivity contribution is 5.80. The van der Waals surface area contributed by atoms with E-state index in [0.717, 1.165) is 0 Å². The van der Waals surface area contributed by atoms with Crippen molar-refractivity contribution in [3.63, 3.8) is 0 Å². The molecular weight excluding hydrogens is 1480 g/mol. The summed E-state index contributed by atoms with van der Waals surface area (Å²) in [5.41, 5.74) is 0. The zero-order valence-corrected chi connectivity index (χ0v) is 64.5. The van der Waals surface area contributed by atoms with Gasteiger partial charge in [-0.25, -0.2) is 0 Å². The molecule has 19 N–H and O–H groups in total. The van der Waals surface area contributed by atoms with Gasteiger partial charge in [0.25, 0.3) is 0 Å². The van der Waals surface area contributed by atoms with Crippen LogP contribution < -0.4 is 63.0 Å². The predicted molar refractivity (Wildman–Crippen MR) is 395 cm³/mol. The number of carbonyl (C=O) groups is 11. The van der Waals surface area contributed by atoms with Gasteiger partial charge in [-0.3, -0.25) is 47.9 Å². The summed E-state index contributed by atoms with van der Waals surface area (Å²) in [5, 5.41) is 119. The number of unbranched alkanes of at least 4 members (excludes halogenated alkanes) is 3. The van der Waals surface area contributed by atoms with E-state index in [9.17, 15) is 98.7 Å². The molecule has 112 heavy (non-hydrogen) atoms. The summed E-state index contributed by atoms with van der Waals surface area (Å²) in [6.45, 7) is 6.08. The van der Waals surface area contributed by atoms with Gasteiger partial charge in [-0.2, -0.15) is 15.0 Å². The Morgan fingerprint density at radius 2 is 0.750 bits per heavy atom. The van der Waals surface area contributed by atoms with Crippen LogP contribution in [-0.4, -0.2) is 347 Å². The van der Waals surface area contributed by atoms with Gasteiger partial charge in [0.2, 0.25) is 76.9 Å². The molecular formula is C70H120N16O26. The number of Topliss-reactive ketones (excluding diaryl/α,β-unsaturated/α-hetero) is 1. The lowest BCUT2D eigenvalue weighted by molar-refractivity contribution is -0.270. The molecule has 0 radical (unpaired) electrons. The van der Waals surface area contributed by atoms with Crippen molar-refractivity contribution < 1.29 is 127 Å². The van der Waals surface area contributed by atoms with E-state index < -0.39 is 129 Å². The van der Waals surface area contributed by atoms with Crippen molar-refractivity contribution in [1.29, 1.82) is 0 Å². The molecule has 4 fully saturated rings. The molecule has 1 aromatic heterocycles. The number of nitrogens with zero attached hydrogens (tertiary/aromatic N) is 6. The van der Waals surface area contributed by atoms with E-state index in [4.69, 9.17) is 43.4 Å². The van der Waals surface area contributed by atoms with Crippen molar-refractivity contribution in [3.8, 4) is 0 Å². The number of aliphatic hydroxyl groups excluding tert-OH is 9. The van der Waals surface area contributed by atoms with E-state index in [1.807, 2.05) is 4.90 Å². The van der Waals surface area contributed by atoms with Crippen LogP contribution in [0.5, 0.6) is 0 Å². The molecule has 5 rings (SSSR count). The predicted octanol–water partition coefficient (Wildman–Crippen LogP) is -7.07. The molecule has 5 heterocycles. The Hall–Kier alpha value is -7.82. The first-order chi connectivity index (χ1) is 53.6. The number of aromatic nitrogens is 3. The smallest absolute Gasteiger partial charge is 0.232 e. The summed E-state index contributed by atoms with van der Waals surface area (Å²) in [6, 6.07) is -3.30. The summed E-state index contributed by atoms with van der Waals surface area (Å²) in [4.78, 5) is 158. The highest BCUT2D eigenvalue weighted by atomic mass is 16.7. The number of piperazine rings is 1. The van der Waals surface area contributed by atoms with Gasteiger partial charge in [0, 0.05) is 177 Å². The Labute approximate surface area is 650 Å². The highest BCUT2D eigenvalue weighted by Crippen LogP contribution is 2.27. The van der Waals surface area contributed by atoms with Crippen molar-refractivity contribution in [2.24, 2.45) is 0 Å². The zero-order valence-electron chi connectivity index (χ0n) is 64.5. The van der Waals surface area contributed by atoms with E-state index in [2.05, 4.69) is 53.2 Å². The Kier molecular flexibility index (Phi) is 43.9. The van der Waals surface area contributed by atoms with Crippen LogP contribution >= 0.6 is 0 Å². The lowest BCUT2D eigenvalue weighted by Gasteiger charge is -2.42. The molecule has 42 nitrogen and oxygen atoms in total. The third-order valence-corrected chi connectivity index (χ3v) is 18.6. The Bertz CT molecular complexity index is 3000. The van der Waals surface area contributed by atoms with Gasteiger partial charge in [-0.1, -0.05) is 0 Å². The minimum atomic E-state index is -1.47. The molecule has 0 aliphatic carbocycles. The van der Waals surface area contributed by atoms with Crippen molar-refractivity contribution in [3.05, 3.63) is 0 Å². The lowest BCUT2D eigenvalue weighted by Crippen LogP contribution is -2.64. The Morgan fingerprint density at radius 1 is 0.402 bits per heavy atom. The summed E-state index contributed by atoms with van der Waals surface area (Å²) in [5.74, 6) is -3.16. The lowest BCUT2D eigenvalue weighted by atomic mass is 9.97. The van der Waals surface area contributed by atoms with Crippen LogP contribution in [0.1, 0.15) is 143 Å². The number of nitrogens with one attached hydrogen (secondary N) is 10. The second-order valence-corrected chi connectivity index (χ2v) is 27.8. The number of ketones is 1. The number of aliphatic hydroxyl groups is 9. The number of hydrogen-bond acceptors (Lipinski definition) is 32. The van der Waals surface area contributed by atoms with Gasteiger partial charge >= 0.3 is 0 Å². The largest absolute Gasteiger partial charge is 0.394 e. The van der Waals surface area contributed by atoms with Crippen LogP contribution in [0.2, 0.25) is 0 Å². The molecule has 15 atom stereocenters. The van der Waals surface area contributed by atoms with Crippen molar-refractivity contribution >= 4 is 82.7 Å². The van der Waals surface area contributed by atoms with Gasteiger partial charge in [0.05, 0.1) is 19.8 Å². The van der Waals surface area contributed by atoms with E-state index >= 15 is 0 Å². The van der Waals surface area contributed by atoms with Gasteiger partial charge < -0.3 is 147 Å². The molecule has 0 saturated carbocycles. The van der Waals surface area contributed by atoms with Crippen LogP contribution in [0.3, 0.4) is 0 Å². The monoisotopic (exact) mass is 1600 g/mol. The van der Waals surface area contributed by atoms with E-state index in [1.54, 1.807) is 9.80 Å². The Balaban J connectivity index is 1.15. The normalized spacial score (nSPS) is 24.3. The summed E-state index contributed by atoms with van der Waals surface area (Å²) < 4.78 is 33.9. The minimum Gasteiger partial charge on any atom is -0.394 e. The van der Waals surface area contributed by atoms with Crippen LogP contribution in [0, 0.1) is 0 Å². The number of anilines is 3. The first-order valence-corrected chi connectivity index (χ1v) is 38.5. The van der Waals surface area contributed by atoms with Gasteiger partial charge in [-0.15, -0.1) is 0 Å². The molecule has 4 aliphatic rings. The summed E-state index contributed by atoms with van der Waals surface area (Å²) >= 11 is 0. The number of rotatable bonds is 52. The molecule has 15 unspecified atom stereocenters. The van der Waals surface area contributed by atoms with Gasteiger partial charge in [-0.05, 0) is 71.1 Å². The second kappa shape index (κ2) is 51.8. The first kappa shape index (κ1) is 94.8. The quantitative estimate of drug-likeness (QED) is 0.0270. The Morgan fingerprint density at radius 3 is 1.09 bits per heavy atom. The summed E-state index contributed by atoms with van der Waals surface area (Å²) in [7, 11) is 0. The van der Waals surface area contributed by atoms with Crippen molar-refractivity contribution in [1.82, 2.24) is 67.7 Å². The molecule has 4 saturated heterocycles. The third-order valence-electron chi connectivity index (χ3n) is 18.6. The number of carbonyl (C=O) groups excluding carboxylic acids is 11. The SMILES string of the molecule is CC(=O)CCCC(=O)N1CCN(c2nc(NCCC(=O)NCCCNC(=O)CCCCOC3OC(CO)C(O)C(O)C3NC(C)=O)nc(N(CCC(=O)NCCCNC(=O)CCCCOC3OC(CO)C(O)C(O)C3NC(C)=O)CCC(=O)NCCCNC(=O)CCCCOC3OC(CO)C(O)C(O)C3NC(C)=O)n2)CC1. The molecule has 636 valence electrons. The molecule has 10 amide bonds. The molecule has 0 bridgehead atoms. The first-order valence-electron chi connectivity index (χ1n) is 38.5. The molecule has 42 heteroatoms. The van der Waals surface area contributed by atoms with Crippen LogP contribution in [0.25, 0.3) is 0 Å². The maximum atomic E-state index is 13.6. The zero-order chi connectivity index (χ0) is 82.1. The van der Waals surface area contributed by atoms with Gasteiger partial charge in [0.1, 0.15) is 78.8 Å². The fourth-order valence-electron chi connectivity index (χ4n) is 12.4. The van der Waals surface area contributed by atoms with Crippen LogP contribution in [0.4, 0.5) is 17.8 Å². The minimum absolute atomic E-state index is 0.0130. The van der Waals surface area contributed by atoms with E-state index in [1.165, 1.54) is 27.7 Å². The molecule has 0 aromatic carbocycles.